The fraction of sp³-hybridized carbons (Fsp3) is 0.722. The number of morpholine rings is 1. The van der Waals surface area contributed by atoms with E-state index in [9.17, 15) is 9.59 Å². The summed E-state index contributed by atoms with van der Waals surface area (Å²) in [6.07, 6.45) is 7.96. The fourth-order valence-electron chi connectivity index (χ4n) is 3.63. The predicted molar refractivity (Wildman–Crippen MR) is 94.1 cm³/mol. The average Bonchev–Trinajstić information content (AvgIpc) is 3.08. The van der Waals surface area contributed by atoms with Gasteiger partial charge in [0.1, 0.15) is 0 Å². The normalized spacial score (nSPS) is 19.0. The van der Waals surface area contributed by atoms with Gasteiger partial charge < -0.3 is 15.0 Å². The van der Waals surface area contributed by atoms with E-state index in [0.29, 0.717) is 32.1 Å². The Morgan fingerprint density at radius 3 is 2.72 bits per heavy atom. The van der Waals surface area contributed by atoms with Crippen molar-refractivity contribution in [3.8, 4) is 0 Å². The summed E-state index contributed by atoms with van der Waals surface area (Å²) in [4.78, 5) is 25.8. The van der Waals surface area contributed by atoms with Gasteiger partial charge in [-0.15, -0.1) is 0 Å². The van der Waals surface area contributed by atoms with E-state index in [4.69, 9.17) is 4.74 Å². The molecule has 1 saturated carbocycles. The highest BCUT2D eigenvalue weighted by atomic mass is 16.5. The lowest BCUT2D eigenvalue weighted by Gasteiger charge is -2.26. The Bertz CT molecular complexity index is 575. The summed E-state index contributed by atoms with van der Waals surface area (Å²) in [5.41, 5.74) is 1.08. The number of anilines is 1. The minimum absolute atomic E-state index is 0.0125. The van der Waals surface area contributed by atoms with E-state index < -0.39 is 0 Å². The summed E-state index contributed by atoms with van der Waals surface area (Å²) >= 11 is 0. The number of aromatic nitrogens is 2. The van der Waals surface area contributed by atoms with Crippen molar-refractivity contribution in [2.75, 3.05) is 31.6 Å². The molecule has 1 aliphatic heterocycles. The number of ether oxygens (including phenoxy) is 1. The second-order valence-electron chi connectivity index (χ2n) is 7.03. The number of carbonyl (C=O) groups excluding carboxylic acids is 2. The van der Waals surface area contributed by atoms with Crippen molar-refractivity contribution < 1.29 is 14.3 Å². The average molecular weight is 348 g/mol. The molecule has 2 amide bonds. The monoisotopic (exact) mass is 348 g/mol. The van der Waals surface area contributed by atoms with Crippen molar-refractivity contribution in [1.82, 2.24) is 15.1 Å². The van der Waals surface area contributed by atoms with Crippen LogP contribution in [-0.4, -0.2) is 53.2 Å². The topological polar surface area (TPSA) is 87.3 Å². The lowest BCUT2D eigenvalue weighted by Crippen LogP contribution is -2.40. The van der Waals surface area contributed by atoms with Crippen molar-refractivity contribution >= 4 is 17.6 Å². The molecule has 25 heavy (non-hydrogen) atoms. The first-order valence-corrected chi connectivity index (χ1v) is 9.40. The van der Waals surface area contributed by atoms with Crippen LogP contribution in [0.15, 0.2) is 6.07 Å². The number of H-pyrrole nitrogens is 1. The van der Waals surface area contributed by atoms with E-state index >= 15 is 0 Å². The number of carbonyl (C=O) groups is 2. The van der Waals surface area contributed by atoms with Crippen LogP contribution >= 0.6 is 0 Å². The molecule has 1 aromatic rings. The van der Waals surface area contributed by atoms with Gasteiger partial charge >= 0.3 is 0 Å². The highest BCUT2D eigenvalue weighted by Gasteiger charge is 2.18. The molecule has 138 valence electrons. The molecule has 0 aromatic carbocycles. The summed E-state index contributed by atoms with van der Waals surface area (Å²) in [6.45, 7) is 2.39. The Morgan fingerprint density at radius 1 is 1.20 bits per heavy atom. The SMILES string of the molecule is O=C(CCC(=O)N1CCOCC1)Nc1cc(CC2CCCCC2)[nH]n1. The molecule has 2 N–H and O–H groups in total. The first-order valence-electron chi connectivity index (χ1n) is 9.40. The molecule has 0 radical (unpaired) electrons. The molecule has 0 atom stereocenters. The fourth-order valence-corrected chi connectivity index (χ4v) is 3.63. The first-order chi connectivity index (χ1) is 12.2. The lowest BCUT2D eigenvalue weighted by molar-refractivity contribution is -0.136. The van der Waals surface area contributed by atoms with Crippen molar-refractivity contribution in [3.05, 3.63) is 11.8 Å². The molecule has 1 aromatic heterocycles. The molecule has 0 bridgehead atoms. The van der Waals surface area contributed by atoms with Crippen LogP contribution in [0.2, 0.25) is 0 Å². The third-order valence-electron chi connectivity index (χ3n) is 5.06. The quantitative estimate of drug-likeness (QED) is 0.824. The van der Waals surface area contributed by atoms with Crippen LogP contribution in [0, 0.1) is 5.92 Å². The van der Waals surface area contributed by atoms with Gasteiger partial charge in [-0.1, -0.05) is 32.1 Å². The second kappa shape index (κ2) is 8.99. The summed E-state index contributed by atoms with van der Waals surface area (Å²) < 4.78 is 5.23. The smallest absolute Gasteiger partial charge is 0.226 e. The van der Waals surface area contributed by atoms with Gasteiger partial charge in [0.25, 0.3) is 0 Å². The standard InChI is InChI=1S/C18H28N4O3/c23-17(6-7-18(24)22-8-10-25-11-9-22)19-16-13-15(20-21-16)12-14-4-2-1-3-5-14/h13-14H,1-12H2,(H2,19,20,21,23). The Hall–Kier alpha value is -1.89. The van der Waals surface area contributed by atoms with Gasteiger partial charge in [0, 0.05) is 37.7 Å². The van der Waals surface area contributed by atoms with E-state index in [1.54, 1.807) is 4.90 Å². The van der Waals surface area contributed by atoms with Gasteiger partial charge in [-0.05, 0) is 12.3 Å². The Kier molecular flexibility index (Phi) is 6.44. The predicted octanol–water partition coefficient (Wildman–Crippen LogP) is 2.11. The van der Waals surface area contributed by atoms with Gasteiger partial charge in [0.2, 0.25) is 11.8 Å². The summed E-state index contributed by atoms with van der Waals surface area (Å²) in [7, 11) is 0. The van der Waals surface area contributed by atoms with Crippen molar-refractivity contribution in [3.63, 3.8) is 0 Å². The van der Waals surface area contributed by atoms with E-state index in [2.05, 4.69) is 15.5 Å². The van der Waals surface area contributed by atoms with Crippen LogP contribution in [0.1, 0.15) is 50.6 Å². The van der Waals surface area contributed by atoms with Crippen molar-refractivity contribution in [1.29, 1.82) is 0 Å². The maximum absolute atomic E-state index is 12.0. The summed E-state index contributed by atoms with van der Waals surface area (Å²) in [5, 5.41) is 9.97. The number of amides is 2. The molecule has 1 saturated heterocycles. The zero-order valence-corrected chi connectivity index (χ0v) is 14.8. The van der Waals surface area contributed by atoms with Crippen molar-refractivity contribution in [2.24, 2.45) is 5.92 Å². The number of nitrogens with zero attached hydrogens (tertiary/aromatic N) is 2. The number of nitrogens with one attached hydrogen (secondary N) is 2. The molecule has 2 heterocycles. The van der Waals surface area contributed by atoms with Gasteiger partial charge in [0.15, 0.2) is 5.82 Å². The molecule has 2 aliphatic rings. The number of hydrogen-bond donors (Lipinski definition) is 2. The minimum atomic E-state index is -0.169. The van der Waals surface area contributed by atoms with Crippen molar-refractivity contribution in [2.45, 2.75) is 51.4 Å². The molecule has 7 nitrogen and oxygen atoms in total. The Morgan fingerprint density at radius 2 is 1.96 bits per heavy atom. The van der Waals surface area contributed by atoms with E-state index in [0.717, 1.165) is 18.0 Å². The van der Waals surface area contributed by atoms with E-state index in [-0.39, 0.29) is 24.7 Å². The van der Waals surface area contributed by atoms with E-state index in [1.807, 2.05) is 6.07 Å². The van der Waals surface area contributed by atoms with Crippen LogP contribution in [0.5, 0.6) is 0 Å². The van der Waals surface area contributed by atoms with Gasteiger partial charge in [-0.2, -0.15) is 5.10 Å². The van der Waals surface area contributed by atoms with Crippen LogP contribution in [0.4, 0.5) is 5.82 Å². The molecular formula is C18H28N4O3. The third-order valence-corrected chi connectivity index (χ3v) is 5.06. The molecule has 2 fully saturated rings. The van der Waals surface area contributed by atoms with Gasteiger partial charge in [-0.3, -0.25) is 14.7 Å². The van der Waals surface area contributed by atoms with Crippen LogP contribution < -0.4 is 5.32 Å². The summed E-state index contributed by atoms with van der Waals surface area (Å²) in [5.74, 6) is 1.12. The third kappa shape index (κ3) is 5.56. The lowest BCUT2D eigenvalue weighted by atomic mass is 9.86. The second-order valence-corrected chi connectivity index (χ2v) is 7.03. The molecule has 0 unspecified atom stereocenters. The van der Waals surface area contributed by atoms with Gasteiger partial charge in [0.05, 0.1) is 13.2 Å². The molecule has 1 aliphatic carbocycles. The highest BCUT2D eigenvalue weighted by molar-refractivity contribution is 5.92. The number of hydrogen-bond acceptors (Lipinski definition) is 4. The summed E-state index contributed by atoms with van der Waals surface area (Å²) in [6, 6.07) is 1.91. The number of aromatic amines is 1. The number of rotatable bonds is 6. The van der Waals surface area contributed by atoms with Crippen LogP contribution in [0.25, 0.3) is 0 Å². The molecule has 0 spiro atoms. The maximum Gasteiger partial charge on any atom is 0.226 e. The minimum Gasteiger partial charge on any atom is -0.378 e. The zero-order chi connectivity index (χ0) is 17.5. The largest absolute Gasteiger partial charge is 0.378 e. The maximum atomic E-state index is 12.0. The Balaban J connectivity index is 1.39. The van der Waals surface area contributed by atoms with Crippen LogP contribution in [0.3, 0.4) is 0 Å². The molecule has 3 rings (SSSR count). The zero-order valence-electron chi connectivity index (χ0n) is 14.8. The highest BCUT2D eigenvalue weighted by Crippen LogP contribution is 2.26. The van der Waals surface area contributed by atoms with Gasteiger partial charge in [-0.25, -0.2) is 0 Å². The molecular weight excluding hydrogens is 320 g/mol. The van der Waals surface area contributed by atoms with Crippen LogP contribution in [-0.2, 0) is 20.7 Å². The molecule has 7 heteroatoms. The Labute approximate surface area is 148 Å². The first kappa shape index (κ1) is 17.9. The van der Waals surface area contributed by atoms with E-state index in [1.165, 1.54) is 32.1 Å².